The van der Waals surface area contributed by atoms with Crippen LogP contribution in [0.15, 0.2) is 24.3 Å². The zero-order chi connectivity index (χ0) is 10.8. The molecular weight excluding hydrogens is 184 g/mol. The van der Waals surface area contributed by atoms with E-state index in [1.807, 2.05) is 0 Å². The molecule has 0 aliphatic heterocycles. The smallest absolute Gasteiger partial charge is 0.137 e. The molecule has 1 aromatic rings. The van der Waals surface area contributed by atoms with E-state index in [0.29, 0.717) is 18.6 Å². The highest BCUT2D eigenvalue weighted by Crippen LogP contribution is 2.27. The molecule has 0 atom stereocenters. The molecule has 0 N–H and O–H groups in total. The van der Waals surface area contributed by atoms with E-state index in [9.17, 15) is 4.79 Å². The van der Waals surface area contributed by atoms with Crippen molar-refractivity contribution in [2.24, 2.45) is 0 Å². The summed E-state index contributed by atoms with van der Waals surface area (Å²) in [5, 5.41) is 0. The number of allylic oxidation sites excluding steroid dienone is 2. The minimum Gasteiger partial charge on any atom is -0.299 e. The average Bonchev–Trinajstić information content (AvgIpc) is 2.20. The molecule has 78 valence electrons. The number of Topliss-reactive ketones (excluding diaryl/α,β-unsaturated/α-hetero) is 1. The number of carbonyl (C=O) groups excluding carboxylic acids is 1. The minimum atomic E-state index is 0.364. The van der Waals surface area contributed by atoms with Crippen molar-refractivity contribution in [3.8, 4) is 0 Å². The maximum absolute atomic E-state index is 11.1. The van der Waals surface area contributed by atoms with Gasteiger partial charge in [0.2, 0.25) is 0 Å². The third kappa shape index (κ3) is 2.17. The highest BCUT2D eigenvalue weighted by atomic mass is 16.1. The summed E-state index contributed by atoms with van der Waals surface area (Å²) in [6, 6.07) is 6.51. The van der Waals surface area contributed by atoms with Gasteiger partial charge in [0, 0.05) is 12.8 Å². The molecule has 1 aliphatic rings. The molecular formula is C14H16O. The normalized spacial score (nSPS) is 16.4. The number of rotatable bonds is 1. The van der Waals surface area contributed by atoms with E-state index in [1.165, 1.54) is 22.3 Å². The number of benzene rings is 1. The van der Waals surface area contributed by atoms with Gasteiger partial charge in [0.05, 0.1) is 0 Å². The second kappa shape index (κ2) is 4.01. The van der Waals surface area contributed by atoms with Gasteiger partial charge in [-0.1, -0.05) is 29.8 Å². The largest absolute Gasteiger partial charge is 0.299 e. The Hall–Kier alpha value is -1.37. The summed E-state index contributed by atoms with van der Waals surface area (Å²) in [5.74, 6) is 0.364. The summed E-state index contributed by atoms with van der Waals surface area (Å²) in [4.78, 5) is 11.1. The van der Waals surface area contributed by atoms with Crippen molar-refractivity contribution in [3.05, 3.63) is 41.0 Å². The molecule has 15 heavy (non-hydrogen) atoms. The Labute approximate surface area is 90.8 Å². The van der Waals surface area contributed by atoms with E-state index in [4.69, 9.17) is 0 Å². The van der Waals surface area contributed by atoms with E-state index in [2.05, 4.69) is 38.1 Å². The summed E-state index contributed by atoms with van der Waals surface area (Å²) >= 11 is 0. The predicted molar refractivity (Wildman–Crippen MR) is 62.8 cm³/mol. The fraction of sp³-hybridized carbons (Fsp3) is 0.357. The number of aryl methyl sites for hydroxylation is 2. The minimum absolute atomic E-state index is 0.364. The highest BCUT2D eigenvalue weighted by Gasteiger charge is 2.12. The van der Waals surface area contributed by atoms with Crippen LogP contribution in [0.1, 0.15) is 36.0 Å². The van der Waals surface area contributed by atoms with Crippen molar-refractivity contribution in [2.45, 2.75) is 33.1 Å². The molecule has 0 saturated heterocycles. The van der Waals surface area contributed by atoms with Gasteiger partial charge in [0.15, 0.2) is 0 Å². The number of hydrogen-bond acceptors (Lipinski definition) is 1. The molecule has 0 heterocycles. The van der Waals surface area contributed by atoms with Gasteiger partial charge in [-0.25, -0.2) is 0 Å². The summed E-state index contributed by atoms with van der Waals surface area (Å²) < 4.78 is 0. The van der Waals surface area contributed by atoms with Crippen LogP contribution >= 0.6 is 0 Å². The molecule has 0 spiro atoms. The Morgan fingerprint density at radius 1 is 1.13 bits per heavy atom. The van der Waals surface area contributed by atoms with Gasteiger partial charge in [0.1, 0.15) is 5.78 Å². The SMILES string of the molecule is Cc1ccc(C2=CCC(=O)CC2)c(C)c1. The van der Waals surface area contributed by atoms with Gasteiger partial charge < -0.3 is 0 Å². The maximum atomic E-state index is 11.1. The monoisotopic (exact) mass is 200 g/mol. The van der Waals surface area contributed by atoms with Crippen LogP contribution in [0.2, 0.25) is 0 Å². The summed E-state index contributed by atoms with van der Waals surface area (Å²) in [5.41, 5.74) is 5.26. The molecule has 0 radical (unpaired) electrons. The molecule has 0 fully saturated rings. The van der Waals surface area contributed by atoms with Crippen LogP contribution in [0.3, 0.4) is 0 Å². The lowest BCUT2D eigenvalue weighted by Gasteiger charge is -2.14. The second-order valence-corrected chi connectivity index (χ2v) is 4.29. The zero-order valence-corrected chi connectivity index (χ0v) is 9.34. The van der Waals surface area contributed by atoms with Gasteiger partial charge in [-0.2, -0.15) is 0 Å². The number of carbonyl (C=O) groups is 1. The molecule has 0 unspecified atom stereocenters. The first-order valence-electron chi connectivity index (χ1n) is 5.45. The van der Waals surface area contributed by atoms with Crippen LogP contribution in [-0.2, 0) is 4.79 Å². The fourth-order valence-corrected chi connectivity index (χ4v) is 2.13. The molecule has 1 nitrogen and oxygen atoms in total. The van der Waals surface area contributed by atoms with Crippen LogP contribution in [0.25, 0.3) is 5.57 Å². The van der Waals surface area contributed by atoms with Gasteiger partial charge in [0.25, 0.3) is 0 Å². The Bertz CT molecular complexity index is 427. The van der Waals surface area contributed by atoms with Crippen molar-refractivity contribution in [1.29, 1.82) is 0 Å². The molecule has 1 heteroatoms. The summed E-state index contributed by atoms with van der Waals surface area (Å²) in [7, 11) is 0. The average molecular weight is 200 g/mol. The van der Waals surface area contributed by atoms with Crippen LogP contribution in [0, 0.1) is 13.8 Å². The van der Waals surface area contributed by atoms with Crippen molar-refractivity contribution in [1.82, 2.24) is 0 Å². The molecule has 1 aliphatic carbocycles. The summed E-state index contributed by atoms with van der Waals surface area (Å²) in [6.45, 7) is 4.25. The topological polar surface area (TPSA) is 17.1 Å². The first-order chi connectivity index (χ1) is 7.16. The van der Waals surface area contributed by atoms with Gasteiger partial charge in [-0.15, -0.1) is 0 Å². The van der Waals surface area contributed by atoms with Crippen LogP contribution in [0.5, 0.6) is 0 Å². The number of ketones is 1. The highest BCUT2D eigenvalue weighted by molar-refractivity contribution is 5.87. The third-order valence-electron chi connectivity index (χ3n) is 2.98. The molecule has 0 saturated carbocycles. The van der Waals surface area contributed by atoms with Crippen LogP contribution < -0.4 is 0 Å². The molecule has 1 aromatic carbocycles. The number of hydrogen-bond donors (Lipinski definition) is 0. The Balaban J connectivity index is 2.34. The Morgan fingerprint density at radius 2 is 1.93 bits per heavy atom. The fourth-order valence-electron chi connectivity index (χ4n) is 2.13. The van der Waals surface area contributed by atoms with Crippen LogP contribution in [-0.4, -0.2) is 5.78 Å². The van der Waals surface area contributed by atoms with Crippen molar-refractivity contribution >= 4 is 11.4 Å². The second-order valence-electron chi connectivity index (χ2n) is 4.29. The zero-order valence-electron chi connectivity index (χ0n) is 9.34. The predicted octanol–water partition coefficient (Wildman–Crippen LogP) is 3.44. The molecule has 0 amide bonds. The van der Waals surface area contributed by atoms with Crippen molar-refractivity contribution in [3.63, 3.8) is 0 Å². The van der Waals surface area contributed by atoms with E-state index < -0.39 is 0 Å². The third-order valence-corrected chi connectivity index (χ3v) is 2.98. The van der Waals surface area contributed by atoms with Crippen LogP contribution in [0.4, 0.5) is 0 Å². The lowest BCUT2D eigenvalue weighted by molar-refractivity contribution is -0.118. The Morgan fingerprint density at radius 3 is 2.53 bits per heavy atom. The lowest BCUT2D eigenvalue weighted by atomic mass is 9.90. The molecule has 0 aromatic heterocycles. The standard InChI is InChI=1S/C14H16O/c1-10-3-8-14(11(2)9-10)12-4-6-13(15)7-5-12/h3-4,8-9H,5-7H2,1-2H3. The summed E-state index contributed by atoms with van der Waals surface area (Å²) in [6.07, 6.45) is 4.31. The van der Waals surface area contributed by atoms with Crippen molar-refractivity contribution < 1.29 is 4.79 Å². The van der Waals surface area contributed by atoms with Crippen molar-refractivity contribution in [2.75, 3.05) is 0 Å². The Kier molecular flexibility index (Phi) is 2.72. The first-order valence-corrected chi connectivity index (χ1v) is 5.45. The molecule has 2 rings (SSSR count). The van der Waals surface area contributed by atoms with E-state index in [1.54, 1.807) is 0 Å². The first kappa shape index (κ1) is 10.2. The van der Waals surface area contributed by atoms with E-state index >= 15 is 0 Å². The lowest BCUT2D eigenvalue weighted by Crippen LogP contribution is -2.03. The van der Waals surface area contributed by atoms with E-state index in [0.717, 1.165) is 6.42 Å². The molecule has 0 bridgehead atoms. The van der Waals surface area contributed by atoms with Gasteiger partial charge in [-0.05, 0) is 37.0 Å². The maximum Gasteiger partial charge on any atom is 0.137 e. The van der Waals surface area contributed by atoms with E-state index in [-0.39, 0.29) is 0 Å². The van der Waals surface area contributed by atoms with Gasteiger partial charge >= 0.3 is 0 Å². The van der Waals surface area contributed by atoms with Gasteiger partial charge in [-0.3, -0.25) is 4.79 Å². The quantitative estimate of drug-likeness (QED) is 0.678.